The van der Waals surface area contributed by atoms with Crippen LogP contribution in [-0.2, 0) is 5.60 Å². The van der Waals surface area contributed by atoms with Gasteiger partial charge in [0.25, 0.3) is 0 Å². The second kappa shape index (κ2) is 4.67. The fourth-order valence-corrected chi connectivity index (χ4v) is 1.76. The average Bonchev–Trinajstić information content (AvgIpc) is 2.18. The third kappa shape index (κ3) is 2.63. The van der Waals surface area contributed by atoms with Gasteiger partial charge in [-0.15, -0.1) is 18.3 Å². The summed E-state index contributed by atoms with van der Waals surface area (Å²) in [5.74, 6) is 0. The molecule has 0 bridgehead atoms. The molecule has 1 N–H and O–H groups in total. The molecule has 0 radical (unpaired) electrons. The highest BCUT2D eigenvalue weighted by Gasteiger charge is 2.20. The summed E-state index contributed by atoms with van der Waals surface area (Å²) in [5, 5.41) is 10.1. The molecule has 1 nitrogen and oxygen atoms in total. The van der Waals surface area contributed by atoms with Crippen LogP contribution in [0.2, 0.25) is 0 Å². The van der Waals surface area contributed by atoms with E-state index in [4.69, 9.17) is 0 Å². The van der Waals surface area contributed by atoms with Crippen LogP contribution in [0, 0.1) is 0 Å². The van der Waals surface area contributed by atoms with Crippen molar-refractivity contribution < 1.29 is 5.11 Å². The lowest BCUT2D eigenvalue weighted by Crippen LogP contribution is -2.19. The Bertz CT molecular complexity index is 301. The lowest BCUT2D eigenvalue weighted by Gasteiger charge is -2.22. The first kappa shape index (κ1) is 11.3. The number of benzene rings is 1. The van der Waals surface area contributed by atoms with Crippen LogP contribution in [0.5, 0.6) is 0 Å². The Labute approximate surface area is 89.8 Å². The normalized spacial score (nSPS) is 14.8. The SMILES string of the molecule is C=CC[C@](C)(O)c1ccc(SC)cc1. The Balaban J connectivity index is 2.90. The second-order valence-corrected chi connectivity index (χ2v) is 4.37. The van der Waals surface area contributed by atoms with Crippen molar-refractivity contribution in [2.45, 2.75) is 23.8 Å². The Morgan fingerprint density at radius 3 is 2.43 bits per heavy atom. The monoisotopic (exact) mass is 208 g/mol. The van der Waals surface area contributed by atoms with Crippen molar-refractivity contribution in [2.24, 2.45) is 0 Å². The Morgan fingerprint density at radius 2 is 2.00 bits per heavy atom. The number of aliphatic hydroxyl groups is 1. The molecule has 0 aliphatic rings. The Morgan fingerprint density at radius 1 is 1.43 bits per heavy atom. The molecule has 14 heavy (non-hydrogen) atoms. The van der Waals surface area contributed by atoms with Gasteiger partial charge < -0.3 is 5.11 Å². The summed E-state index contributed by atoms with van der Waals surface area (Å²) in [5.41, 5.74) is 0.147. The molecule has 0 unspecified atom stereocenters. The van der Waals surface area contributed by atoms with Crippen molar-refractivity contribution in [1.29, 1.82) is 0 Å². The van der Waals surface area contributed by atoms with Crippen LogP contribution in [0.25, 0.3) is 0 Å². The van der Waals surface area contributed by atoms with E-state index in [1.807, 2.05) is 37.4 Å². The van der Waals surface area contributed by atoms with Crippen LogP contribution in [0.3, 0.4) is 0 Å². The van der Waals surface area contributed by atoms with E-state index in [1.165, 1.54) is 4.90 Å². The maximum Gasteiger partial charge on any atom is 0.0902 e. The van der Waals surface area contributed by atoms with Crippen molar-refractivity contribution in [3.05, 3.63) is 42.5 Å². The third-order valence-electron chi connectivity index (χ3n) is 2.25. The first-order chi connectivity index (χ1) is 6.60. The smallest absolute Gasteiger partial charge is 0.0902 e. The lowest BCUT2D eigenvalue weighted by atomic mass is 9.93. The molecule has 0 aromatic heterocycles. The molecule has 0 saturated carbocycles. The highest BCUT2D eigenvalue weighted by Crippen LogP contribution is 2.26. The van der Waals surface area contributed by atoms with E-state index in [0.29, 0.717) is 6.42 Å². The first-order valence-corrected chi connectivity index (χ1v) is 5.80. The molecule has 1 aromatic carbocycles. The van der Waals surface area contributed by atoms with E-state index in [-0.39, 0.29) is 0 Å². The standard InChI is InChI=1S/C12H16OS/c1-4-9-12(2,13)10-5-7-11(14-3)8-6-10/h4-8,13H,1,9H2,2-3H3/t12-/m0/s1. The number of hydrogen-bond donors (Lipinski definition) is 1. The van der Waals surface area contributed by atoms with Gasteiger partial charge in [0.15, 0.2) is 0 Å². The summed E-state index contributed by atoms with van der Waals surface area (Å²) < 4.78 is 0. The number of hydrogen-bond acceptors (Lipinski definition) is 2. The predicted molar refractivity (Wildman–Crippen MR) is 62.6 cm³/mol. The minimum Gasteiger partial charge on any atom is -0.385 e. The number of rotatable bonds is 4. The van der Waals surface area contributed by atoms with Crippen molar-refractivity contribution in [3.8, 4) is 0 Å². The van der Waals surface area contributed by atoms with Crippen LogP contribution in [-0.4, -0.2) is 11.4 Å². The van der Waals surface area contributed by atoms with E-state index >= 15 is 0 Å². The van der Waals surface area contributed by atoms with Gasteiger partial charge in [-0.05, 0) is 37.3 Å². The average molecular weight is 208 g/mol. The topological polar surface area (TPSA) is 20.2 Å². The molecular formula is C12H16OS. The largest absolute Gasteiger partial charge is 0.385 e. The van der Waals surface area contributed by atoms with Gasteiger partial charge in [-0.2, -0.15) is 0 Å². The lowest BCUT2D eigenvalue weighted by molar-refractivity contribution is 0.0606. The fourth-order valence-electron chi connectivity index (χ4n) is 1.35. The zero-order valence-electron chi connectivity index (χ0n) is 8.66. The summed E-state index contributed by atoms with van der Waals surface area (Å²) in [6.45, 7) is 5.45. The second-order valence-electron chi connectivity index (χ2n) is 3.50. The molecule has 1 atom stereocenters. The molecule has 0 amide bonds. The van der Waals surface area contributed by atoms with Gasteiger partial charge >= 0.3 is 0 Å². The zero-order valence-corrected chi connectivity index (χ0v) is 9.47. The fraction of sp³-hybridized carbons (Fsp3) is 0.333. The van der Waals surface area contributed by atoms with E-state index in [2.05, 4.69) is 6.58 Å². The van der Waals surface area contributed by atoms with E-state index in [9.17, 15) is 5.11 Å². The van der Waals surface area contributed by atoms with E-state index < -0.39 is 5.60 Å². The minimum atomic E-state index is -0.793. The van der Waals surface area contributed by atoms with Crippen LogP contribution < -0.4 is 0 Å². The highest BCUT2D eigenvalue weighted by atomic mass is 32.2. The van der Waals surface area contributed by atoms with Gasteiger partial charge in [-0.25, -0.2) is 0 Å². The van der Waals surface area contributed by atoms with Crippen LogP contribution >= 0.6 is 11.8 Å². The highest BCUT2D eigenvalue weighted by molar-refractivity contribution is 7.98. The van der Waals surface area contributed by atoms with Crippen LogP contribution in [0.1, 0.15) is 18.9 Å². The van der Waals surface area contributed by atoms with Crippen molar-refractivity contribution in [3.63, 3.8) is 0 Å². The van der Waals surface area contributed by atoms with Crippen LogP contribution in [0.15, 0.2) is 41.8 Å². The molecule has 76 valence electrons. The maximum atomic E-state index is 10.1. The Hall–Kier alpha value is -0.730. The minimum absolute atomic E-state index is 0.575. The third-order valence-corrected chi connectivity index (χ3v) is 3.00. The number of thioether (sulfide) groups is 1. The van der Waals surface area contributed by atoms with Gasteiger partial charge in [-0.3, -0.25) is 0 Å². The summed E-state index contributed by atoms with van der Waals surface area (Å²) in [4.78, 5) is 1.21. The summed E-state index contributed by atoms with van der Waals surface area (Å²) in [6.07, 6.45) is 4.35. The molecule has 0 spiro atoms. The molecular weight excluding hydrogens is 192 g/mol. The van der Waals surface area contributed by atoms with Crippen LogP contribution in [0.4, 0.5) is 0 Å². The molecule has 0 heterocycles. The van der Waals surface area contributed by atoms with Crippen molar-refractivity contribution in [2.75, 3.05) is 6.26 Å². The molecule has 2 heteroatoms. The summed E-state index contributed by atoms with van der Waals surface area (Å²) in [6, 6.07) is 7.99. The quantitative estimate of drug-likeness (QED) is 0.605. The zero-order chi connectivity index (χ0) is 10.6. The van der Waals surface area contributed by atoms with Gasteiger partial charge in [0.2, 0.25) is 0 Å². The molecule has 0 aliphatic heterocycles. The predicted octanol–water partition coefficient (Wildman–Crippen LogP) is 3.19. The summed E-state index contributed by atoms with van der Waals surface area (Å²) in [7, 11) is 0. The van der Waals surface area contributed by atoms with Gasteiger partial charge in [0.1, 0.15) is 0 Å². The molecule has 0 aliphatic carbocycles. The van der Waals surface area contributed by atoms with Gasteiger partial charge in [-0.1, -0.05) is 18.2 Å². The maximum absolute atomic E-state index is 10.1. The van der Waals surface area contributed by atoms with Crippen molar-refractivity contribution in [1.82, 2.24) is 0 Å². The summed E-state index contributed by atoms with van der Waals surface area (Å²) >= 11 is 1.70. The molecule has 1 rings (SSSR count). The van der Waals surface area contributed by atoms with Gasteiger partial charge in [0.05, 0.1) is 5.60 Å². The molecule has 0 saturated heterocycles. The molecule has 0 fully saturated rings. The van der Waals surface area contributed by atoms with E-state index in [0.717, 1.165) is 5.56 Å². The molecule has 1 aromatic rings. The Kier molecular flexibility index (Phi) is 3.78. The first-order valence-electron chi connectivity index (χ1n) is 4.58. The van der Waals surface area contributed by atoms with Gasteiger partial charge in [0, 0.05) is 4.90 Å². The van der Waals surface area contributed by atoms with E-state index in [1.54, 1.807) is 17.8 Å². The van der Waals surface area contributed by atoms with Crippen molar-refractivity contribution >= 4 is 11.8 Å².